The fraction of sp³-hybridized carbons (Fsp3) is 0.800. The molecule has 0 bridgehead atoms. The highest BCUT2D eigenvalue weighted by Gasteiger charge is 2.33. The summed E-state index contributed by atoms with van der Waals surface area (Å²) >= 11 is 0. The molecule has 1 amide bonds. The Morgan fingerprint density at radius 2 is 1.96 bits per heavy atom. The largest absolute Gasteiger partial charge is 0.332 e. The van der Waals surface area contributed by atoms with E-state index in [2.05, 4.69) is 10.2 Å². The van der Waals surface area contributed by atoms with E-state index in [1.165, 1.54) is 10.6 Å². The molecular weight excluding hydrogens is 330 g/mol. The molecule has 1 aromatic heterocycles. The highest BCUT2D eigenvalue weighted by Crippen LogP contribution is 2.31. The molecule has 8 nitrogen and oxygen atoms in total. The average Bonchev–Trinajstić information content (AvgIpc) is 2.83. The van der Waals surface area contributed by atoms with Gasteiger partial charge in [0.15, 0.2) is 5.82 Å². The van der Waals surface area contributed by atoms with Crippen LogP contribution in [0, 0.1) is 0 Å². The predicted octanol–water partition coefficient (Wildman–Crippen LogP) is 0.559. The number of likely N-dealkylation sites (tertiary alicyclic amines) is 1. The Bertz CT molecular complexity index is 715. The molecule has 0 radical (unpaired) electrons. The highest BCUT2D eigenvalue weighted by atomic mass is 32.2. The number of piperidine rings is 1. The minimum absolute atomic E-state index is 0.0442. The van der Waals surface area contributed by atoms with Crippen LogP contribution in [0.25, 0.3) is 0 Å². The first-order chi connectivity index (χ1) is 11.4. The van der Waals surface area contributed by atoms with Gasteiger partial charge in [-0.2, -0.15) is 4.31 Å². The quantitative estimate of drug-likeness (QED) is 0.790. The summed E-state index contributed by atoms with van der Waals surface area (Å²) in [6.45, 7) is 4.03. The molecule has 0 saturated carbocycles. The van der Waals surface area contributed by atoms with Gasteiger partial charge in [-0.05, 0) is 19.3 Å². The zero-order chi connectivity index (χ0) is 17.3. The molecule has 3 heterocycles. The molecule has 9 heteroatoms. The molecule has 0 aromatic carbocycles. The number of hydrogen-bond acceptors (Lipinski definition) is 5. The molecule has 3 rings (SSSR count). The maximum Gasteiger partial charge on any atom is 0.222 e. The van der Waals surface area contributed by atoms with Crippen molar-refractivity contribution in [1.82, 2.24) is 24.0 Å². The molecule has 0 N–H and O–H groups in total. The fourth-order valence-corrected chi connectivity index (χ4v) is 4.44. The van der Waals surface area contributed by atoms with Gasteiger partial charge < -0.3 is 9.47 Å². The summed E-state index contributed by atoms with van der Waals surface area (Å²) < 4.78 is 27.1. The summed E-state index contributed by atoms with van der Waals surface area (Å²) in [6.07, 6.45) is 5.25. The molecule has 134 valence electrons. The number of sulfonamides is 1. The third-order valence-electron chi connectivity index (χ3n) is 4.91. The van der Waals surface area contributed by atoms with Crippen molar-refractivity contribution in [2.45, 2.75) is 51.6 Å². The van der Waals surface area contributed by atoms with Crippen molar-refractivity contribution < 1.29 is 13.2 Å². The third-order valence-corrected chi connectivity index (χ3v) is 6.21. The Morgan fingerprint density at radius 1 is 1.17 bits per heavy atom. The number of rotatable bonds is 3. The lowest BCUT2D eigenvalue weighted by atomic mass is 10.0. The van der Waals surface area contributed by atoms with Crippen LogP contribution in [0.1, 0.15) is 50.3 Å². The van der Waals surface area contributed by atoms with E-state index >= 15 is 0 Å². The van der Waals surface area contributed by atoms with E-state index in [0.29, 0.717) is 32.5 Å². The summed E-state index contributed by atoms with van der Waals surface area (Å²) in [5, 5.41) is 8.65. The fourth-order valence-electron chi connectivity index (χ4n) is 3.61. The molecule has 0 aliphatic carbocycles. The van der Waals surface area contributed by atoms with Crippen molar-refractivity contribution in [3.8, 4) is 0 Å². The summed E-state index contributed by atoms with van der Waals surface area (Å²) in [5.41, 5.74) is 0. The van der Waals surface area contributed by atoms with E-state index < -0.39 is 10.0 Å². The second-order valence-electron chi connectivity index (χ2n) is 6.49. The van der Waals surface area contributed by atoms with E-state index in [1.54, 1.807) is 0 Å². The van der Waals surface area contributed by atoms with E-state index in [0.717, 1.165) is 37.5 Å². The maximum atomic E-state index is 12.3. The zero-order valence-electron chi connectivity index (χ0n) is 14.3. The van der Waals surface area contributed by atoms with Crippen LogP contribution in [0.4, 0.5) is 0 Å². The van der Waals surface area contributed by atoms with Gasteiger partial charge in [0.05, 0.1) is 12.3 Å². The lowest BCUT2D eigenvalue weighted by molar-refractivity contribution is -0.135. The van der Waals surface area contributed by atoms with Crippen molar-refractivity contribution in [2.75, 3.05) is 25.9 Å². The number of nitrogens with zero attached hydrogens (tertiary/aromatic N) is 5. The van der Waals surface area contributed by atoms with Gasteiger partial charge in [0.2, 0.25) is 15.9 Å². The van der Waals surface area contributed by atoms with E-state index in [4.69, 9.17) is 0 Å². The zero-order valence-corrected chi connectivity index (χ0v) is 15.1. The number of carbonyl (C=O) groups excluding carboxylic acids is 1. The molecule has 1 saturated heterocycles. The molecule has 1 fully saturated rings. The summed E-state index contributed by atoms with van der Waals surface area (Å²) in [6, 6.07) is -0.0442. The summed E-state index contributed by atoms with van der Waals surface area (Å²) in [5.74, 6) is 1.76. The summed E-state index contributed by atoms with van der Waals surface area (Å²) in [4.78, 5) is 14.2. The molecular formula is C15H25N5O3S. The van der Waals surface area contributed by atoms with Crippen molar-refractivity contribution in [3.05, 3.63) is 11.6 Å². The van der Waals surface area contributed by atoms with Crippen LogP contribution in [0.2, 0.25) is 0 Å². The van der Waals surface area contributed by atoms with Gasteiger partial charge in [-0.3, -0.25) is 4.79 Å². The first-order valence-corrected chi connectivity index (χ1v) is 10.4. The van der Waals surface area contributed by atoms with Crippen LogP contribution in [-0.4, -0.2) is 64.2 Å². The standard InChI is InChI=1S/C15H25N5O3S/c1-3-14(21)19-8-5-4-6-12(19)15-17-16-13-7-9-18(24(2,22)23)10-11-20(13)15/h12H,3-11H2,1-2H3. The molecule has 2 aliphatic rings. The lowest BCUT2D eigenvalue weighted by Gasteiger charge is -2.35. The van der Waals surface area contributed by atoms with Gasteiger partial charge in [-0.15, -0.1) is 10.2 Å². The van der Waals surface area contributed by atoms with Gasteiger partial charge in [0, 0.05) is 39.0 Å². The van der Waals surface area contributed by atoms with E-state index in [1.807, 2.05) is 16.4 Å². The Morgan fingerprint density at radius 3 is 2.67 bits per heavy atom. The Balaban J connectivity index is 1.87. The van der Waals surface area contributed by atoms with Crippen LogP contribution in [0.3, 0.4) is 0 Å². The van der Waals surface area contributed by atoms with Crippen molar-refractivity contribution in [3.63, 3.8) is 0 Å². The van der Waals surface area contributed by atoms with E-state index in [-0.39, 0.29) is 11.9 Å². The maximum absolute atomic E-state index is 12.3. The molecule has 24 heavy (non-hydrogen) atoms. The molecule has 0 spiro atoms. The Labute approximate surface area is 142 Å². The number of amides is 1. The van der Waals surface area contributed by atoms with Gasteiger partial charge >= 0.3 is 0 Å². The Hall–Kier alpha value is -1.48. The predicted molar refractivity (Wildman–Crippen MR) is 88.7 cm³/mol. The van der Waals surface area contributed by atoms with Crippen LogP contribution >= 0.6 is 0 Å². The smallest absolute Gasteiger partial charge is 0.222 e. The molecule has 1 aromatic rings. The first kappa shape index (κ1) is 17.3. The van der Waals surface area contributed by atoms with Crippen LogP contribution in [0.5, 0.6) is 0 Å². The minimum atomic E-state index is -3.20. The number of carbonyl (C=O) groups is 1. The third kappa shape index (κ3) is 3.32. The highest BCUT2D eigenvalue weighted by molar-refractivity contribution is 7.88. The monoisotopic (exact) mass is 355 g/mol. The SMILES string of the molecule is CCC(=O)N1CCCCC1c1nnc2n1CCN(S(C)(=O)=O)CC2. The first-order valence-electron chi connectivity index (χ1n) is 8.58. The van der Waals surface area contributed by atoms with Crippen LogP contribution < -0.4 is 0 Å². The lowest BCUT2D eigenvalue weighted by Crippen LogP contribution is -2.39. The van der Waals surface area contributed by atoms with Crippen molar-refractivity contribution >= 4 is 15.9 Å². The topological polar surface area (TPSA) is 88.4 Å². The normalized spacial score (nSPS) is 22.9. The van der Waals surface area contributed by atoms with Gasteiger partial charge in [-0.25, -0.2) is 8.42 Å². The van der Waals surface area contributed by atoms with Gasteiger partial charge in [-0.1, -0.05) is 6.92 Å². The number of hydrogen-bond donors (Lipinski definition) is 0. The van der Waals surface area contributed by atoms with Gasteiger partial charge in [0.1, 0.15) is 5.82 Å². The summed E-state index contributed by atoms with van der Waals surface area (Å²) in [7, 11) is -3.20. The van der Waals surface area contributed by atoms with Crippen LogP contribution in [-0.2, 0) is 27.8 Å². The Kier molecular flexibility index (Phi) is 4.91. The average molecular weight is 355 g/mol. The number of aromatic nitrogens is 3. The molecule has 1 atom stereocenters. The van der Waals surface area contributed by atoms with Gasteiger partial charge in [0.25, 0.3) is 0 Å². The molecule has 2 aliphatic heterocycles. The van der Waals surface area contributed by atoms with Crippen molar-refractivity contribution in [1.29, 1.82) is 0 Å². The van der Waals surface area contributed by atoms with Crippen LogP contribution in [0.15, 0.2) is 0 Å². The number of fused-ring (bicyclic) bond motifs is 1. The van der Waals surface area contributed by atoms with Crippen molar-refractivity contribution in [2.24, 2.45) is 0 Å². The minimum Gasteiger partial charge on any atom is -0.332 e. The second kappa shape index (κ2) is 6.79. The van der Waals surface area contributed by atoms with E-state index in [9.17, 15) is 13.2 Å². The molecule has 1 unspecified atom stereocenters. The second-order valence-corrected chi connectivity index (χ2v) is 8.47.